The van der Waals surface area contributed by atoms with Gasteiger partial charge < -0.3 is 15.8 Å². The van der Waals surface area contributed by atoms with Gasteiger partial charge in [-0.1, -0.05) is 28.1 Å². The average Bonchev–Trinajstić information content (AvgIpc) is 3.26. The first-order valence-electron chi connectivity index (χ1n) is 10.7. The maximum atomic E-state index is 14.5. The van der Waals surface area contributed by atoms with Gasteiger partial charge in [0.15, 0.2) is 11.6 Å². The highest BCUT2D eigenvalue weighted by molar-refractivity contribution is 9.09. The zero-order valence-electron chi connectivity index (χ0n) is 17.9. The Morgan fingerprint density at radius 3 is 2.62 bits per heavy atom. The standard InChI is InChI=1S/C22H29BrFN5O3/c23-11-19(30)13-26-16-4-6-17(7-5-16)27-14-28-21(20(24)12-25)15-2-1-3-18(10-15)29-8-9-32-22(29)31/h1-3,10,12,16-17,26-27H,4-9,11,13-14,25H2/b20-12+,28-21-. The van der Waals surface area contributed by atoms with Gasteiger partial charge in [-0.15, -0.1) is 0 Å². The number of halogens is 2. The number of cyclic esters (lactones) is 1. The number of rotatable bonds is 10. The third-order valence-corrected chi connectivity index (χ3v) is 6.27. The van der Waals surface area contributed by atoms with E-state index >= 15 is 0 Å². The summed E-state index contributed by atoms with van der Waals surface area (Å²) in [5.41, 5.74) is 6.72. The van der Waals surface area contributed by atoms with Crippen LogP contribution >= 0.6 is 15.9 Å². The molecule has 0 unspecified atom stereocenters. The van der Waals surface area contributed by atoms with E-state index in [1.165, 1.54) is 4.90 Å². The van der Waals surface area contributed by atoms with Crippen LogP contribution in [0.1, 0.15) is 31.2 Å². The number of allylic oxidation sites excluding steroid dienone is 1. The lowest BCUT2D eigenvalue weighted by Gasteiger charge is -2.29. The molecule has 0 radical (unpaired) electrons. The zero-order chi connectivity index (χ0) is 22.9. The van der Waals surface area contributed by atoms with Crippen molar-refractivity contribution in [2.75, 3.05) is 36.6 Å². The number of hydrogen-bond donors (Lipinski definition) is 3. The van der Waals surface area contributed by atoms with Crippen molar-refractivity contribution in [2.45, 2.75) is 37.8 Å². The number of Topliss-reactive ketones (excluding diaryl/α,β-unsaturated/α-hetero) is 1. The monoisotopic (exact) mass is 509 g/mol. The van der Waals surface area contributed by atoms with Gasteiger partial charge in [-0.25, -0.2) is 9.18 Å². The van der Waals surface area contributed by atoms with E-state index in [1.807, 2.05) is 0 Å². The summed E-state index contributed by atoms with van der Waals surface area (Å²) in [5, 5.41) is 7.04. The first kappa shape index (κ1) is 24.3. The summed E-state index contributed by atoms with van der Waals surface area (Å²) in [5.74, 6) is -0.481. The summed E-state index contributed by atoms with van der Waals surface area (Å²) in [6.45, 7) is 1.42. The van der Waals surface area contributed by atoms with E-state index in [0.717, 1.165) is 31.9 Å². The fourth-order valence-corrected chi connectivity index (χ4v) is 4.09. The Hall–Kier alpha value is -2.30. The first-order chi connectivity index (χ1) is 15.5. The number of ether oxygens (including phenoxy) is 1. The fourth-order valence-electron chi connectivity index (χ4n) is 3.89. The molecule has 1 aromatic rings. The maximum Gasteiger partial charge on any atom is 0.414 e. The Morgan fingerprint density at radius 2 is 2.00 bits per heavy atom. The average molecular weight is 510 g/mol. The lowest BCUT2D eigenvalue weighted by Crippen LogP contribution is -2.41. The Bertz CT molecular complexity index is 871. The molecule has 32 heavy (non-hydrogen) atoms. The first-order valence-corrected chi connectivity index (χ1v) is 11.8. The molecule has 1 amide bonds. The van der Waals surface area contributed by atoms with Crippen molar-refractivity contribution in [3.05, 3.63) is 41.9 Å². The van der Waals surface area contributed by atoms with E-state index in [2.05, 4.69) is 31.6 Å². The Morgan fingerprint density at radius 1 is 1.28 bits per heavy atom. The van der Waals surface area contributed by atoms with Crippen LogP contribution < -0.4 is 21.3 Å². The van der Waals surface area contributed by atoms with Crippen LogP contribution in [0.15, 0.2) is 41.3 Å². The molecule has 10 heteroatoms. The zero-order valence-corrected chi connectivity index (χ0v) is 19.4. The molecule has 0 spiro atoms. The van der Waals surface area contributed by atoms with Crippen molar-refractivity contribution in [2.24, 2.45) is 10.7 Å². The molecule has 8 nitrogen and oxygen atoms in total. The van der Waals surface area contributed by atoms with E-state index in [4.69, 9.17) is 10.5 Å². The predicted molar refractivity (Wildman–Crippen MR) is 126 cm³/mol. The van der Waals surface area contributed by atoms with Gasteiger partial charge in [0.25, 0.3) is 0 Å². The van der Waals surface area contributed by atoms with Crippen molar-refractivity contribution in [1.29, 1.82) is 0 Å². The molecular formula is C22H29BrFN5O3. The number of nitrogens with two attached hydrogens (primary N) is 1. The SMILES string of the molecule is N/C=C(F)\C(=N/CNC1CCC(NCC(=O)CBr)CC1)c1cccc(N2CCOC2=O)c1. The minimum Gasteiger partial charge on any atom is -0.447 e. The minimum atomic E-state index is -0.627. The quantitative estimate of drug-likeness (QED) is 0.330. The Kier molecular flexibility index (Phi) is 9.19. The summed E-state index contributed by atoms with van der Waals surface area (Å²) in [7, 11) is 0. The van der Waals surface area contributed by atoms with Crippen molar-refractivity contribution in [3.63, 3.8) is 0 Å². The number of aliphatic imine (C=N–C) groups is 1. The molecule has 1 aliphatic carbocycles. The van der Waals surface area contributed by atoms with Crippen LogP contribution in [-0.4, -0.2) is 61.4 Å². The van der Waals surface area contributed by atoms with Gasteiger partial charge >= 0.3 is 6.09 Å². The molecule has 0 atom stereocenters. The van der Waals surface area contributed by atoms with Gasteiger partial charge in [-0.05, 0) is 37.8 Å². The number of nitrogens with one attached hydrogen (secondary N) is 2. The maximum absolute atomic E-state index is 14.5. The van der Waals surface area contributed by atoms with E-state index in [-0.39, 0.29) is 24.2 Å². The molecule has 4 N–H and O–H groups in total. The molecule has 1 saturated carbocycles. The summed E-state index contributed by atoms with van der Waals surface area (Å²) in [6.07, 6.45) is 4.31. The fraction of sp³-hybridized carbons (Fsp3) is 0.500. The van der Waals surface area contributed by atoms with Crippen LogP contribution in [0.5, 0.6) is 0 Å². The number of amides is 1. The topological polar surface area (TPSA) is 109 Å². The molecule has 1 aliphatic heterocycles. The van der Waals surface area contributed by atoms with Crippen LogP contribution in [0.4, 0.5) is 14.9 Å². The van der Waals surface area contributed by atoms with Crippen LogP contribution in [0.2, 0.25) is 0 Å². The number of alkyl halides is 1. The van der Waals surface area contributed by atoms with Crippen LogP contribution in [0.25, 0.3) is 0 Å². The number of hydrogen-bond acceptors (Lipinski definition) is 7. The number of ketones is 1. The van der Waals surface area contributed by atoms with E-state index in [1.54, 1.807) is 24.3 Å². The molecule has 174 valence electrons. The Labute approximate surface area is 195 Å². The Balaban J connectivity index is 1.58. The second kappa shape index (κ2) is 12.1. The van der Waals surface area contributed by atoms with E-state index < -0.39 is 11.9 Å². The lowest BCUT2D eigenvalue weighted by atomic mass is 9.91. The number of nitrogens with zero attached hydrogens (tertiary/aromatic N) is 2. The number of carbonyl (C=O) groups is 2. The molecule has 2 fully saturated rings. The van der Waals surface area contributed by atoms with Crippen LogP contribution in [0, 0.1) is 0 Å². The van der Waals surface area contributed by atoms with Gasteiger partial charge in [0.2, 0.25) is 0 Å². The molecule has 3 rings (SSSR count). The molecule has 1 saturated heterocycles. The molecule has 1 heterocycles. The molecule has 1 aromatic carbocycles. The highest BCUT2D eigenvalue weighted by Crippen LogP contribution is 2.22. The van der Waals surface area contributed by atoms with Crippen molar-refractivity contribution < 1.29 is 18.7 Å². The van der Waals surface area contributed by atoms with Crippen molar-refractivity contribution in [1.82, 2.24) is 10.6 Å². The highest BCUT2D eigenvalue weighted by Gasteiger charge is 2.24. The van der Waals surface area contributed by atoms with Gasteiger partial charge in [-0.3, -0.25) is 20.0 Å². The largest absolute Gasteiger partial charge is 0.447 e. The van der Waals surface area contributed by atoms with Crippen LogP contribution in [0.3, 0.4) is 0 Å². The molecule has 2 aliphatic rings. The van der Waals surface area contributed by atoms with Crippen LogP contribution in [-0.2, 0) is 9.53 Å². The van der Waals surface area contributed by atoms with Crippen molar-refractivity contribution >= 4 is 39.2 Å². The summed E-state index contributed by atoms with van der Waals surface area (Å²) in [6, 6.07) is 7.58. The van der Waals surface area contributed by atoms with Crippen molar-refractivity contribution in [3.8, 4) is 0 Å². The summed E-state index contributed by atoms with van der Waals surface area (Å²) in [4.78, 5) is 29.2. The van der Waals surface area contributed by atoms with Gasteiger partial charge in [0, 0.05) is 29.5 Å². The van der Waals surface area contributed by atoms with Gasteiger partial charge in [-0.2, -0.15) is 0 Å². The van der Waals surface area contributed by atoms with E-state index in [0.29, 0.717) is 42.3 Å². The lowest BCUT2D eigenvalue weighted by molar-refractivity contribution is -0.115. The smallest absolute Gasteiger partial charge is 0.414 e. The minimum absolute atomic E-state index is 0.137. The third kappa shape index (κ3) is 6.60. The molecule has 0 bridgehead atoms. The van der Waals surface area contributed by atoms with Gasteiger partial charge in [0.05, 0.1) is 25.1 Å². The molecular weight excluding hydrogens is 481 g/mol. The number of benzene rings is 1. The second-order valence-electron chi connectivity index (χ2n) is 7.80. The number of anilines is 1. The van der Waals surface area contributed by atoms with Gasteiger partial charge in [0.1, 0.15) is 12.3 Å². The summed E-state index contributed by atoms with van der Waals surface area (Å²) < 4.78 is 19.5. The second-order valence-corrected chi connectivity index (χ2v) is 8.36. The number of carbonyl (C=O) groups excluding carboxylic acids is 2. The normalized spacial score (nSPS) is 22.2. The predicted octanol–water partition coefficient (Wildman–Crippen LogP) is 2.61. The highest BCUT2D eigenvalue weighted by atomic mass is 79.9. The third-order valence-electron chi connectivity index (χ3n) is 5.65. The molecule has 0 aromatic heterocycles. The summed E-state index contributed by atoms with van der Waals surface area (Å²) >= 11 is 3.17. The van der Waals surface area contributed by atoms with E-state index in [9.17, 15) is 14.0 Å².